The number of carbonyl (C=O) groups excluding carboxylic acids is 1. The summed E-state index contributed by atoms with van der Waals surface area (Å²) in [6.07, 6.45) is 0. The molecule has 0 aromatic heterocycles. The van der Waals surface area contributed by atoms with E-state index in [1.54, 1.807) is 42.5 Å². The van der Waals surface area contributed by atoms with E-state index < -0.39 is 0 Å². The summed E-state index contributed by atoms with van der Waals surface area (Å²) in [6, 6.07) is 13.4. The molecular formula is C17H14Cl2N2O2. The number of halogens is 2. The number of ether oxygens (including phenoxy) is 1. The molecule has 0 heterocycles. The van der Waals surface area contributed by atoms with E-state index in [9.17, 15) is 4.79 Å². The van der Waals surface area contributed by atoms with E-state index in [2.05, 4.69) is 5.32 Å². The Labute approximate surface area is 144 Å². The molecule has 1 N–H and O–H groups in total. The number of nitrogens with one attached hydrogen (secondary N) is 1. The van der Waals surface area contributed by atoms with Crippen molar-refractivity contribution in [3.63, 3.8) is 0 Å². The van der Waals surface area contributed by atoms with Crippen LogP contribution in [0.15, 0.2) is 42.5 Å². The molecule has 2 aromatic rings. The SMILES string of the molecule is C[C@H](NC(=O)COc1ccc(C#N)cc1)c1ccc(Cl)cc1Cl. The van der Waals surface area contributed by atoms with Gasteiger partial charge >= 0.3 is 0 Å². The fraction of sp³-hybridized carbons (Fsp3) is 0.176. The van der Waals surface area contributed by atoms with Crippen LogP contribution in [0.25, 0.3) is 0 Å². The monoisotopic (exact) mass is 348 g/mol. The molecule has 0 unspecified atom stereocenters. The summed E-state index contributed by atoms with van der Waals surface area (Å²) in [5.41, 5.74) is 1.32. The van der Waals surface area contributed by atoms with E-state index in [0.29, 0.717) is 21.4 Å². The zero-order valence-corrected chi connectivity index (χ0v) is 13.9. The van der Waals surface area contributed by atoms with E-state index in [4.69, 9.17) is 33.2 Å². The number of nitriles is 1. The summed E-state index contributed by atoms with van der Waals surface area (Å²) in [6.45, 7) is 1.70. The number of hydrogen-bond acceptors (Lipinski definition) is 3. The van der Waals surface area contributed by atoms with Crippen LogP contribution in [0.5, 0.6) is 5.75 Å². The van der Waals surface area contributed by atoms with E-state index in [-0.39, 0.29) is 18.6 Å². The van der Waals surface area contributed by atoms with Gasteiger partial charge in [-0.1, -0.05) is 29.3 Å². The molecule has 1 amide bonds. The van der Waals surface area contributed by atoms with Crippen LogP contribution in [-0.4, -0.2) is 12.5 Å². The third-order valence-corrected chi connectivity index (χ3v) is 3.72. The van der Waals surface area contributed by atoms with Gasteiger partial charge in [0.15, 0.2) is 6.61 Å². The zero-order valence-electron chi connectivity index (χ0n) is 12.3. The molecule has 2 aromatic carbocycles. The second-order valence-electron chi connectivity index (χ2n) is 4.88. The first-order valence-electron chi connectivity index (χ1n) is 6.87. The van der Waals surface area contributed by atoms with Crippen molar-refractivity contribution >= 4 is 29.1 Å². The Hall–Kier alpha value is -2.22. The molecule has 1 atom stereocenters. The van der Waals surface area contributed by atoms with Gasteiger partial charge in [0, 0.05) is 10.0 Å². The molecule has 0 spiro atoms. The number of benzene rings is 2. The zero-order chi connectivity index (χ0) is 16.8. The first kappa shape index (κ1) is 17.1. The van der Waals surface area contributed by atoms with Crippen molar-refractivity contribution in [2.45, 2.75) is 13.0 Å². The quantitative estimate of drug-likeness (QED) is 0.883. The summed E-state index contributed by atoms with van der Waals surface area (Å²) in [4.78, 5) is 11.9. The van der Waals surface area contributed by atoms with Gasteiger partial charge in [0.05, 0.1) is 17.7 Å². The van der Waals surface area contributed by atoms with E-state index >= 15 is 0 Å². The highest BCUT2D eigenvalue weighted by Gasteiger charge is 2.13. The first-order chi connectivity index (χ1) is 11.0. The predicted molar refractivity (Wildman–Crippen MR) is 89.7 cm³/mol. The lowest BCUT2D eigenvalue weighted by Gasteiger charge is -2.16. The smallest absolute Gasteiger partial charge is 0.258 e. The van der Waals surface area contributed by atoms with Crippen LogP contribution in [-0.2, 0) is 4.79 Å². The molecule has 0 saturated heterocycles. The second kappa shape index (κ2) is 7.87. The van der Waals surface area contributed by atoms with Crippen LogP contribution >= 0.6 is 23.2 Å². The standard InChI is InChI=1S/C17H14Cl2N2O2/c1-11(15-7-4-13(18)8-16(15)19)21-17(22)10-23-14-5-2-12(9-20)3-6-14/h2-8,11H,10H2,1H3,(H,21,22)/t11-/m0/s1. The van der Waals surface area contributed by atoms with E-state index in [1.807, 2.05) is 13.0 Å². The fourth-order valence-electron chi connectivity index (χ4n) is 1.99. The fourth-order valence-corrected chi connectivity index (χ4v) is 2.56. The third kappa shape index (κ3) is 4.88. The molecule has 0 aliphatic rings. The van der Waals surface area contributed by atoms with Gasteiger partial charge in [0.2, 0.25) is 0 Å². The summed E-state index contributed by atoms with van der Waals surface area (Å²) in [7, 11) is 0. The van der Waals surface area contributed by atoms with Crippen LogP contribution in [0.2, 0.25) is 10.0 Å². The molecule has 0 radical (unpaired) electrons. The van der Waals surface area contributed by atoms with Crippen molar-refractivity contribution in [1.29, 1.82) is 5.26 Å². The Morgan fingerprint density at radius 3 is 2.57 bits per heavy atom. The summed E-state index contributed by atoms with van der Waals surface area (Å²) >= 11 is 12.0. The maximum absolute atomic E-state index is 11.9. The Kier molecular flexibility index (Phi) is 5.86. The number of nitrogens with zero attached hydrogens (tertiary/aromatic N) is 1. The first-order valence-corrected chi connectivity index (χ1v) is 7.62. The average molecular weight is 349 g/mol. The van der Waals surface area contributed by atoms with Crippen molar-refractivity contribution in [2.24, 2.45) is 0 Å². The van der Waals surface area contributed by atoms with Gasteiger partial charge in [-0.05, 0) is 48.9 Å². The summed E-state index contributed by atoms with van der Waals surface area (Å²) in [5, 5.41) is 12.6. The molecule has 6 heteroatoms. The molecule has 23 heavy (non-hydrogen) atoms. The topological polar surface area (TPSA) is 62.1 Å². The molecule has 0 saturated carbocycles. The largest absolute Gasteiger partial charge is 0.484 e. The van der Waals surface area contributed by atoms with Crippen molar-refractivity contribution in [2.75, 3.05) is 6.61 Å². The van der Waals surface area contributed by atoms with E-state index in [1.165, 1.54) is 0 Å². The maximum atomic E-state index is 11.9. The lowest BCUT2D eigenvalue weighted by molar-refractivity contribution is -0.123. The summed E-state index contributed by atoms with van der Waals surface area (Å²) in [5.74, 6) is 0.254. The second-order valence-corrected chi connectivity index (χ2v) is 5.72. The predicted octanol–water partition coefficient (Wildman–Crippen LogP) is 4.12. The van der Waals surface area contributed by atoms with Crippen molar-refractivity contribution in [3.05, 3.63) is 63.6 Å². The molecular weight excluding hydrogens is 335 g/mol. The number of carbonyl (C=O) groups is 1. The van der Waals surface area contributed by atoms with Gasteiger partial charge in [0.25, 0.3) is 5.91 Å². The third-order valence-electron chi connectivity index (χ3n) is 3.16. The van der Waals surface area contributed by atoms with Crippen LogP contribution in [0.3, 0.4) is 0 Å². The van der Waals surface area contributed by atoms with Crippen molar-refractivity contribution in [3.8, 4) is 11.8 Å². The molecule has 0 fully saturated rings. The highest BCUT2D eigenvalue weighted by Crippen LogP contribution is 2.26. The average Bonchev–Trinajstić information content (AvgIpc) is 2.53. The minimum atomic E-state index is -0.270. The molecule has 118 valence electrons. The maximum Gasteiger partial charge on any atom is 0.258 e. The number of amides is 1. The van der Waals surface area contributed by atoms with Crippen LogP contribution < -0.4 is 10.1 Å². The van der Waals surface area contributed by atoms with Gasteiger partial charge in [-0.3, -0.25) is 4.79 Å². The minimum absolute atomic E-state index is 0.124. The number of rotatable bonds is 5. The molecule has 0 aliphatic carbocycles. The van der Waals surface area contributed by atoms with Crippen molar-refractivity contribution < 1.29 is 9.53 Å². The lowest BCUT2D eigenvalue weighted by atomic mass is 10.1. The Morgan fingerprint density at radius 2 is 1.96 bits per heavy atom. The summed E-state index contributed by atoms with van der Waals surface area (Å²) < 4.78 is 5.38. The van der Waals surface area contributed by atoms with Gasteiger partial charge in [-0.15, -0.1) is 0 Å². The Bertz CT molecular complexity index is 739. The van der Waals surface area contributed by atoms with Crippen LogP contribution in [0.1, 0.15) is 24.1 Å². The Balaban J connectivity index is 1.89. The normalized spacial score (nSPS) is 11.4. The molecule has 2 rings (SSSR count). The molecule has 4 nitrogen and oxygen atoms in total. The van der Waals surface area contributed by atoms with Crippen LogP contribution in [0, 0.1) is 11.3 Å². The van der Waals surface area contributed by atoms with Crippen molar-refractivity contribution in [1.82, 2.24) is 5.32 Å². The van der Waals surface area contributed by atoms with Crippen LogP contribution in [0.4, 0.5) is 0 Å². The van der Waals surface area contributed by atoms with Gasteiger partial charge in [-0.2, -0.15) is 5.26 Å². The van der Waals surface area contributed by atoms with E-state index in [0.717, 1.165) is 5.56 Å². The molecule has 0 aliphatic heterocycles. The molecule has 0 bridgehead atoms. The van der Waals surface area contributed by atoms with Gasteiger partial charge in [0.1, 0.15) is 5.75 Å². The van der Waals surface area contributed by atoms with Gasteiger partial charge in [-0.25, -0.2) is 0 Å². The number of hydrogen-bond donors (Lipinski definition) is 1. The highest BCUT2D eigenvalue weighted by molar-refractivity contribution is 6.35. The Morgan fingerprint density at radius 1 is 1.26 bits per heavy atom. The minimum Gasteiger partial charge on any atom is -0.484 e. The highest BCUT2D eigenvalue weighted by atomic mass is 35.5. The van der Waals surface area contributed by atoms with Gasteiger partial charge < -0.3 is 10.1 Å². The lowest BCUT2D eigenvalue weighted by Crippen LogP contribution is -2.31.